The van der Waals surface area contributed by atoms with Gasteiger partial charge in [-0.05, 0) is 42.0 Å². The number of nitrogens with zero attached hydrogens (tertiary/aromatic N) is 4. The molecule has 0 N–H and O–H groups in total. The lowest BCUT2D eigenvalue weighted by atomic mass is 10.2. The SMILES string of the molecule is Cn1cc(CN2CCN(c3ccc(Cl)cc3)CC2)c2cccnc21. The van der Waals surface area contributed by atoms with Crippen LogP contribution in [0.1, 0.15) is 5.56 Å². The van der Waals surface area contributed by atoms with Crippen molar-refractivity contribution in [2.24, 2.45) is 7.05 Å². The van der Waals surface area contributed by atoms with Crippen LogP contribution in [0, 0.1) is 0 Å². The molecule has 0 unspecified atom stereocenters. The Bertz CT molecular complexity index is 832. The number of fused-ring (bicyclic) bond motifs is 1. The largest absolute Gasteiger partial charge is 0.369 e. The molecule has 1 saturated heterocycles. The fourth-order valence-corrected chi connectivity index (χ4v) is 3.60. The van der Waals surface area contributed by atoms with Gasteiger partial charge in [-0.1, -0.05) is 11.6 Å². The summed E-state index contributed by atoms with van der Waals surface area (Å²) in [5, 5.41) is 2.06. The predicted octanol–water partition coefficient (Wildman–Crippen LogP) is 3.55. The third kappa shape index (κ3) is 2.99. The van der Waals surface area contributed by atoms with Gasteiger partial charge in [-0.2, -0.15) is 0 Å². The van der Waals surface area contributed by atoms with Gasteiger partial charge < -0.3 is 9.47 Å². The van der Waals surface area contributed by atoms with E-state index in [2.05, 4.69) is 50.8 Å². The number of aryl methyl sites for hydroxylation is 1. The first-order valence-corrected chi connectivity index (χ1v) is 8.70. The van der Waals surface area contributed by atoms with Crippen LogP contribution in [0.25, 0.3) is 11.0 Å². The molecule has 0 saturated carbocycles. The Hall–Kier alpha value is -2.04. The lowest BCUT2D eigenvalue weighted by molar-refractivity contribution is 0.250. The third-order valence-electron chi connectivity index (χ3n) is 4.77. The molecule has 4 nitrogen and oxygen atoms in total. The molecule has 2 aromatic heterocycles. The Morgan fingerprint density at radius 3 is 2.54 bits per heavy atom. The standard InChI is InChI=1S/C19H21ClN4/c1-22-13-15(18-3-2-8-21-19(18)22)14-23-9-11-24(12-10-23)17-6-4-16(20)5-7-17/h2-8,13H,9-12,14H2,1H3. The van der Waals surface area contributed by atoms with E-state index in [0.717, 1.165) is 43.4 Å². The van der Waals surface area contributed by atoms with Crippen molar-refractivity contribution in [2.45, 2.75) is 6.54 Å². The molecule has 0 aliphatic carbocycles. The average molecular weight is 341 g/mol. The summed E-state index contributed by atoms with van der Waals surface area (Å²) < 4.78 is 2.12. The maximum atomic E-state index is 5.98. The zero-order chi connectivity index (χ0) is 16.5. The summed E-state index contributed by atoms with van der Waals surface area (Å²) in [6.07, 6.45) is 4.07. The van der Waals surface area contributed by atoms with Gasteiger partial charge in [-0.15, -0.1) is 0 Å². The summed E-state index contributed by atoms with van der Waals surface area (Å²) in [4.78, 5) is 9.43. The Morgan fingerprint density at radius 2 is 1.79 bits per heavy atom. The van der Waals surface area contributed by atoms with E-state index in [1.807, 2.05) is 24.4 Å². The van der Waals surface area contributed by atoms with Crippen LogP contribution in [0.3, 0.4) is 0 Å². The predicted molar refractivity (Wildman–Crippen MR) is 99.7 cm³/mol. The Morgan fingerprint density at radius 1 is 1.04 bits per heavy atom. The molecule has 0 atom stereocenters. The number of anilines is 1. The first-order chi connectivity index (χ1) is 11.7. The van der Waals surface area contributed by atoms with Gasteiger partial charge in [0.1, 0.15) is 5.65 Å². The molecule has 1 fully saturated rings. The highest BCUT2D eigenvalue weighted by molar-refractivity contribution is 6.30. The second-order valence-electron chi connectivity index (χ2n) is 6.38. The molecule has 1 aromatic carbocycles. The molecule has 1 aliphatic heterocycles. The van der Waals surface area contributed by atoms with E-state index in [9.17, 15) is 0 Å². The minimum absolute atomic E-state index is 0.793. The van der Waals surface area contributed by atoms with Crippen LogP contribution in [0.4, 0.5) is 5.69 Å². The van der Waals surface area contributed by atoms with E-state index in [-0.39, 0.29) is 0 Å². The number of hydrogen-bond acceptors (Lipinski definition) is 3. The first-order valence-electron chi connectivity index (χ1n) is 8.32. The van der Waals surface area contributed by atoms with Crippen LogP contribution in [0.2, 0.25) is 5.02 Å². The monoisotopic (exact) mass is 340 g/mol. The number of piperazine rings is 1. The molecule has 3 aromatic rings. The quantitative estimate of drug-likeness (QED) is 0.728. The minimum Gasteiger partial charge on any atom is -0.369 e. The highest BCUT2D eigenvalue weighted by atomic mass is 35.5. The van der Waals surface area contributed by atoms with E-state index in [1.54, 1.807) is 0 Å². The Labute approximate surface area is 147 Å². The Kier molecular flexibility index (Phi) is 4.17. The van der Waals surface area contributed by atoms with Crippen molar-refractivity contribution in [2.75, 3.05) is 31.1 Å². The van der Waals surface area contributed by atoms with Gasteiger partial charge in [0.15, 0.2) is 0 Å². The highest BCUT2D eigenvalue weighted by Crippen LogP contribution is 2.22. The second-order valence-corrected chi connectivity index (χ2v) is 6.82. The van der Waals surface area contributed by atoms with Gasteiger partial charge in [0.05, 0.1) is 0 Å². The summed E-state index contributed by atoms with van der Waals surface area (Å²) in [5.41, 5.74) is 3.68. The van der Waals surface area contributed by atoms with E-state index < -0.39 is 0 Å². The summed E-state index contributed by atoms with van der Waals surface area (Å²) in [5.74, 6) is 0. The second kappa shape index (κ2) is 6.46. The molecule has 4 rings (SSSR count). The van der Waals surface area contributed by atoms with Gasteiger partial charge in [0, 0.05) is 68.3 Å². The number of pyridine rings is 1. The Balaban J connectivity index is 1.43. The van der Waals surface area contributed by atoms with Crippen molar-refractivity contribution < 1.29 is 0 Å². The van der Waals surface area contributed by atoms with E-state index in [1.165, 1.54) is 16.6 Å². The summed E-state index contributed by atoms with van der Waals surface area (Å²) >= 11 is 5.98. The van der Waals surface area contributed by atoms with Crippen LogP contribution in [0.15, 0.2) is 48.8 Å². The number of aromatic nitrogens is 2. The van der Waals surface area contributed by atoms with Crippen LogP contribution < -0.4 is 4.90 Å². The molecule has 0 amide bonds. The highest BCUT2D eigenvalue weighted by Gasteiger charge is 2.19. The van der Waals surface area contributed by atoms with Crippen molar-refractivity contribution >= 4 is 28.3 Å². The summed E-state index contributed by atoms with van der Waals surface area (Å²) in [6, 6.07) is 12.3. The van der Waals surface area contributed by atoms with Crippen molar-refractivity contribution in [1.29, 1.82) is 0 Å². The average Bonchev–Trinajstić information content (AvgIpc) is 2.93. The van der Waals surface area contributed by atoms with Crippen molar-refractivity contribution in [3.8, 4) is 0 Å². The molecular weight excluding hydrogens is 320 g/mol. The van der Waals surface area contributed by atoms with Crippen LogP contribution in [-0.2, 0) is 13.6 Å². The molecule has 0 spiro atoms. The van der Waals surface area contributed by atoms with Crippen LogP contribution >= 0.6 is 11.6 Å². The number of benzene rings is 1. The topological polar surface area (TPSA) is 24.3 Å². The zero-order valence-corrected chi connectivity index (χ0v) is 14.6. The zero-order valence-electron chi connectivity index (χ0n) is 13.8. The molecule has 0 radical (unpaired) electrons. The lowest BCUT2D eigenvalue weighted by Gasteiger charge is -2.36. The fourth-order valence-electron chi connectivity index (χ4n) is 3.48. The van der Waals surface area contributed by atoms with Crippen molar-refractivity contribution in [1.82, 2.24) is 14.5 Å². The summed E-state index contributed by atoms with van der Waals surface area (Å²) in [7, 11) is 2.07. The summed E-state index contributed by atoms with van der Waals surface area (Å²) in [6.45, 7) is 5.21. The smallest absolute Gasteiger partial charge is 0.139 e. The van der Waals surface area contributed by atoms with Gasteiger partial charge in [-0.3, -0.25) is 4.90 Å². The maximum absolute atomic E-state index is 5.98. The van der Waals surface area contributed by atoms with Gasteiger partial charge >= 0.3 is 0 Å². The van der Waals surface area contributed by atoms with Crippen LogP contribution in [-0.4, -0.2) is 40.6 Å². The minimum atomic E-state index is 0.793. The first kappa shape index (κ1) is 15.5. The molecule has 1 aliphatic rings. The third-order valence-corrected chi connectivity index (χ3v) is 5.03. The van der Waals surface area contributed by atoms with E-state index >= 15 is 0 Å². The normalized spacial score (nSPS) is 16.0. The number of halogens is 1. The van der Waals surface area contributed by atoms with Crippen molar-refractivity contribution in [3.63, 3.8) is 0 Å². The van der Waals surface area contributed by atoms with Crippen molar-refractivity contribution in [3.05, 3.63) is 59.4 Å². The fraction of sp³-hybridized carbons (Fsp3) is 0.316. The van der Waals surface area contributed by atoms with E-state index in [4.69, 9.17) is 11.6 Å². The molecule has 124 valence electrons. The molecule has 3 heterocycles. The molecular formula is C19H21ClN4. The number of hydrogen-bond donors (Lipinski definition) is 0. The molecule has 24 heavy (non-hydrogen) atoms. The number of rotatable bonds is 3. The van der Waals surface area contributed by atoms with Gasteiger partial charge in [0.2, 0.25) is 0 Å². The van der Waals surface area contributed by atoms with Crippen LogP contribution in [0.5, 0.6) is 0 Å². The van der Waals surface area contributed by atoms with Gasteiger partial charge in [-0.25, -0.2) is 4.98 Å². The molecule has 0 bridgehead atoms. The van der Waals surface area contributed by atoms with Gasteiger partial charge in [0.25, 0.3) is 0 Å². The van der Waals surface area contributed by atoms with E-state index in [0.29, 0.717) is 0 Å². The lowest BCUT2D eigenvalue weighted by Crippen LogP contribution is -2.45. The maximum Gasteiger partial charge on any atom is 0.139 e. The molecule has 5 heteroatoms.